The summed E-state index contributed by atoms with van der Waals surface area (Å²) in [6, 6.07) is 6.83. The van der Waals surface area contributed by atoms with E-state index in [0.29, 0.717) is 18.0 Å². The van der Waals surface area contributed by atoms with Gasteiger partial charge in [0.05, 0.1) is 18.7 Å². The van der Waals surface area contributed by atoms with Crippen molar-refractivity contribution in [2.24, 2.45) is 5.92 Å². The molecule has 0 aliphatic carbocycles. The van der Waals surface area contributed by atoms with Gasteiger partial charge in [0.2, 0.25) is 5.91 Å². The molecule has 1 aliphatic heterocycles. The van der Waals surface area contributed by atoms with E-state index in [-0.39, 0.29) is 11.8 Å². The predicted molar refractivity (Wildman–Crippen MR) is 63.0 cm³/mol. The lowest BCUT2D eigenvalue weighted by Gasteiger charge is -2.31. The Bertz CT molecular complexity index is 459. The van der Waals surface area contributed by atoms with Gasteiger partial charge in [0.25, 0.3) is 0 Å². The third kappa shape index (κ3) is 2.08. The zero-order valence-electron chi connectivity index (χ0n) is 9.77. The van der Waals surface area contributed by atoms with Crippen LogP contribution < -0.4 is 15.0 Å². The number of nitrogens with zero attached hydrogens (tertiary/aromatic N) is 1. The molecule has 90 valence electrons. The molecule has 1 heterocycles. The van der Waals surface area contributed by atoms with Crippen LogP contribution in [-0.4, -0.2) is 25.6 Å². The van der Waals surface area contributed by atoms with Gasteiger partial charge in [-0.15, -0.1) is 0 Å². The lowest BCUT2D eigenvalue weighted by Crippen LogP contribution is -2.54. The fourth-order valence-corrected chi connectivity index (χ4v) is 1.80. The molecule has 1 aromatic carbocycles. The Kier molecular flexibility index (Phi) is 2.99. The van der Waals surface area contributed by atoms with Crippen LogP contribution in [-0.2, 0) is 4.79 Å². The summed E-state index contributed by atoms with van der Waals surface area (Å²) in [4.78, 5) is 24.6. The molecule has 0 aromatic heterocycles. The Balaban J connectivity index is 2.33. The average Bonchev–Trinajstić information content (AvgIpc) is 2.34. The van der Waals surface area contributed by atoms with Crippen LogP contribution in [0.5, 0.6) is 5.75 Å². The first-order chi connectivity index (χ1) is 8.13. The van der Waals surface area contributed by atoms with Gasteiger partial charge < -0.3 is 4.74 Å². The molecule has 3 amide bonds. The fraction of sp³-hybridized carbons (Fsp3) is 0.333. The quantitative estimate of drug-likeness (QED) is 0.841. The zero-order chi connectivity index (χ0) is 12.4. The molecule has 0 bridgehead atoms. The number of hydrogen-bond acceptors (Lipinski definition) is 3. The molecule has 0 radical (unpaired) electrons. The molecular weight excluding hydrogens is 220 g/mol. The number of methoxy groups -OCH3 is 1. The molecule has 2 rings (SSSR count). The summed E-state index contributed by atoms with van der Waals surface area (Å²) >= 11 is 0. The van der Waals surface area contributed by atoms with Crippen LogP contribution in [0.25, 0.3) is 0 Å². The highest BCUT2D eigenvalue weighted by atomic mass is 16.5. The van der Waals surface area contributed by atoms with Gasteiger partial charge in [0.1, 0.15) is 5.75 Å². The first-order valence-electron chi connectivity index (χ1n) is 5.39. The molecule has 17 heavy (non-hydrogen) atoms. The van der Waals surface area contributed by atoms with Crippen LogP contribution in [0.4, 0.5) is 10.5 Å². The molecule has 1 atom stereocenters. The smallest absolute Gasteiger partial charge is 0.328 e. The van der Waals surface area contributed by atoms with Crippen LogP contribution >= 0.6 is 0 Å². The molecule has 1 unspecified atom stereocenters. The number of para-hydroxylation sites is 2. The van der Waals surface area contributed by atoms with Crippen molar-refractivity contribution in [3.05, 3.63) is 24.3 Å². The van der Waals surface area contributed by atoms with Crippen molar-refractivity contribution >= 4 is 17.6 Å². The Hall–Kier alpha value is -2.04. The number of benzene rings is 1. The van der Waals surface area contributed by atoms with Crippen LogP contribution in [0.2, 0.25) is 0 Å². The summed E-state index contributed by atoms with van der Waals surface area (Å²) in [7, 11) is 1.55. The molecule has 1 aliphatic rings. The fourth-order valence-electron chi connectivity index (χ4n) is 1.80. The number of amides is 3. The minimum Gasteiger partial charge on any atom is -0.495 e. The van der Waals surface area contributed by atoms with Crippen molar-refractivity contribution < 1.29 is 14.3 Å². The lowest BCUT2D eigenvalue weighted by atomic mass is 10.1. The highest BCUT2D eigenvalue weighted by Crippen LogP contribution is 2.29. The highest BCUT2D eigenvalue weighted by molar-refractivity contribution is 6.07. The zero-order valence-corrected chi connectivity index (χ0v) is 9.77. The normalized spacial score (nSPS) is 20.1. The van der Waals surface area contributed by atoms with Gasteiger partial charge in [-0.3, -0.25) is 15.0 Å². The Labute approximate surface area is 99.4 Å². The highest BCUT2D eigenvalue weighted by Gasteiger charge is 2.31. The van der Waals surface area contributed by atoms with Crippen LogP contribution in [0.15, 0.2) is 24.3 Å². The monoisotopic (exact) mass is 234 g/mol. The van der Waals surface area contributed by atoms with Crippen molar-refractivity contribution in [3.63, 3.8) is 0 Å². The van der Waals surface area contributed by atoms with Gasteiger partial charge in [-0.2, -0.15) is 0 Å². The van der Waals surface area contributed by atoms with E-state index in [1.807, 2.05) is 12.1 Å². The maximum Gasteiger partial charge on any atom is 0.328 e. The van der Waals surface area contributed by atoms with E-state index in [4.69, 9.17) is 4.74 Å². The molecule has 0 spiro atoms. The Morgan fingerprint density at radius 2 is 2.06 bits per heavy atom. The van der Waals surface area contributed by atoms with Crippen LogP contribution in [0.1, 0.15) is 6.92 Å². The third-order valence-corrected chi connectivity index (χ3v) is 2.76. The Morgan fingerprint density at radius 3 is 2.76 bits per heavy atom. The molecular formula is C12H14N2O3. The molecule has 1 aromatic rings. The number of ether oxygens (including phenoxy) is 1. The number of nitrogens with one attached hydrogen (secondary N) is 1. The molecule has 0 saturated carbocycles. The number of carbonyl (C=O) groups is 2. The first-order valence-corrected chi connectivity index (χ1v) is 5.39. The summed E-state index contributed by atoms with van der Waals surface area (Å²) in [5.74, 6) is 0.156. The number of urea groups is 1. The van der Waals surface area contributed by atoms with E-state index in [2.05, 4.69) is 5.32 Å². The number of carbonyl (C=O) groups excluding carboxylic acids is 2. The summed E-state index contributed by atoms with van der Waals surface area (Å²) < 4.78 is 5.20. The van der Waals surface area contributed by atoms with E-state index in [0.717, 1.165) is 0 Å². The summed E-state index contributed by atoms with van der Waals surface area (Å²) in [5, 5.41) is 2.32. The largest absolute Gasteiger partial charge is 0.495 e. The van der Waals surface area contributed by atoms with Gasteiger partial charge in [0.15, 0.2) is 0 Å². The van der Waals surface area contributed by atoms with Gasteiger partial charge in [0, 0.05) is 6.54 Å². The molecule has 1 saturated heterocycles. The van der Waals surface area contributed by atoms with E-state index in [1.165, 1.54) is 4.90 Å². The minimum absolute atomic E-state index is 0.224. The number of anilines is 1. The first kappa shape index (κ1) is 11.4. The van der Waals surface area contributed by atoms with Crippen molar-refractivity contribution in [2.75, 3.05) is 18.6 Å². The molecule has 1 fully saturated rings. The topological polar surface area (TPSA) is 58.6 Å². The van der Waals surface area contributed by atoms with Gasteiger partial charge in [-0.25, -0.2) is 4.79 Å². The van der Waals surface area contributed by atoms with Gasteiger partial charge >= 0.3 is 6.03 Å². The van der Waals surface area contributed by atoms with Crippen molar-refractivity contribution in [3.8, 4) is 5.75 Å². The Morgan fingerprint density at radius 1 is 1.35 bits per heavy atom. The second-order valence-electron chi connectivity index (χ2n) is 3.98. The van der Waals surface area contributed by atoms with E-state index in [1.54, 1.807) is 26.2 Å². The number of imide groups is 1. The summed E-state index contributed by atoms with van der Waals surface area (Å²) in [5.41, 5.74) is 0.673. The minimum atomic E-state index is -0.405. The third-order valence-electron chi connectivity index (χ3n) is 2.76. The SMILES string of the molecule is COc1ccccc1N1CC(C)C(=O)NC1=O. The van der Waals surface area contributed by atoms with Crippen molar-refractivity contribution in [1.82, 2.24) is 5.32 Å². The van der Waals surface area contributed by atoms with Gasteiger partial charge in [-0.05, 0) is 12.1 Å². The number of hydrogen-bond donors (Lipinski definition) is 1. The molecule has 5 heteroatoms. The lowest BCUT2D eigenvalue weighted by molar-refractivity contribution is -0.123. The summed E-state index contributed by atoms with van der Waals surface area (Å²) in [6.07, 6.45) is 0. The van der Waals surface area contributed by atoms with Crippen molar-refractivity contribution in [1.29, 1.82) is 0 Å². The van der Waals surface area contributed by atoms with Crippen molar-refractivity contribution in [2.45, 2.75) is 6.92 Å². The number of rotatable bonds is 2. The second-order valence-corrected chi connectivity index (χ2v) is 3.98. The van der Waals surface area contributed by atoms with Crippen LogP contribution in [0, 0.1) is 5.92 Å². The van der Waals surface area contributed by atoms with Gasteiger partial charge in [-0.1, -0.05) is 19.1 Å². The summed E-state index contributed by atoms with van der Waals surface area (Å²) in [6.45, 7) is 2.15. The van der Waals surface area contributed by atoms with E-state index < -0.39 is 6.03 Å². The van der Waals surface area contributed by atoms with E-state index in [9.17, 15) is 9.59 Å². The average molecular weight is 234 g/mol. The maximum absolute atomic E-state index is 11.8. The van der Waals surface area contributed by atoms with Crippen LogP contribution in [0.3, 0.4) is 0 Å². The van der Waals surface area contributed by atoms with E-state index >= 15 is 0 Å². The molecule has 5 nitrogen and oxygen atoms in total. The standard InChI is InChI=1S/C12H14N2O3/c1-8-7-14(12(16)13-11(8)15)9-5-3-4-6-10(9)17-2/h3-6,8H,7H2,1-2H3,(H,13,15,16). The molecule has 1 N–H and O–H groups in total. The predicted octanol–water partition coefficient (Wildman–Crippen LogP) is 1.39. The maximum atomic E-state index is 11.8. The second kappa shape index (κ2) is 4.45.